The van der Waals surface area contributed by atoms with Gasteiger partial charge in [0.05, 0.1) is 18.1 Å². The van der Waals surface area contributed by atoms with Gasteiger partial charge < -0.3 is 10.3 Å². The number of hydrogen-bond donors (Lipinski definition) is 1. The third-order valence-electron chi connectivity index (χ3n) is 3.64. The van der Waals surface area contributed by atoms with Crippen LogP contribution in [0.15, 0.2) is 12.5 Å². The van der Waals surface area contributed by atoms with Crippen LogP contribution < -0.4 is 5.73 Å². The minimum atomic E-state index is 0.322. The van der Waals surface area contributed by atoms with E-state index >= 15 is 0 Å². The van der Waals surface area contributed by atoms with Gasteiger partial charge in [0, 0.05) is 31.9 Å². The van der Waals surface area contributed by atoms with E-state index in [-0.39, 0.29) is 0 Å². The van der Waals surface area contributed by atoms with Gasteiger partial charge in [0.15, 0.2) is 0 Å². The molecule has 1 heterocycles. The third-order valence-corrected chi connectivity index (χ3v) is 3.64. The molecule has 102 valence electrons. The van der Waals surface area contributed by atoms with Crippen LogP contribution in [0.3, 0.4) is 0 Å². The topological polar surface area (TPSA) is 47.1 Å². The van der Waals surface area contributed by atoms with Gasteiger partial charge in [0.1, 0.15) is 0 Å². The van der Waals surface area contributed by atoms with E-state index in [1.165, 1.54) is 18.5 Å². The molecule has 0 saturated heterocycles. The fourth-order valence-corrected chi connectivity index (χ4v) is 2.66. The van der Waals surface area contributed by atoms with Gasteiger partial charge in [-0.15, -0.1) is 0 Å². The van der Waals surface area contributed by atoms with Crippen LogP contribution in [0.1, 0.15) is 45.3 Å². The lowest BCUT2D eigenvalue weighted by atomic mass is 10.1. The van der Waals surface area contributed by atoms with Crippen LogP contribution in [0, 0.1) is 5.92 Å². The molecule has 4 heteroatoms. The van der Waals surface area contributed by atoms with E-state index in [4.69, 9.17) is 5.73 Å². The molecule has 1 saturated carbocycles. The highest BCUT2D eigenvalue weighted by Crippen LogP contribution is 2.34. The summed E-state index contributed by atoms with van der Waals surface area (Å²) in [5, 5.41) is 0. The molecule has 0 bridgehead atoms. The van der Waals surface area contributed by atoms with E-state index < -0.39 is 0 Å². The van der Waals surface area contributed by atoms with E-state index in [2.05, 4.69) is 35.2 Å². The van der Waals surface area contributed by atoms with E-state index in [1.807, 2.05) is 12.5 Å². The molecule has 0 spiro atoms. The Bertz CT molecular complexity index is 368. The zero-order valence-corrected chi connectivity index (χ0v) is 11.8. The summed E-state index contributed by atoms with van der Waals surface area (Å²) in [4.78, 5) is 6.87. The first-order valence-corrected chi connectivity index (χ1v) is 7.13. The van der Waals surface area contributed by atoms with Crippen LogP contribution in [0.4, 0.5) is 0 Å². The van der Waals surface area contributed by atoms with Gasteiger partial charge in [-0.1, -0.05) is 13.8 Å². The molecule has 18 heavy (non-hydrogen) atoms. The standard InChI is InChI=1S/C14H26N4/c1-4-17-10-16-8-14(17)13(7-15)18(9-11(2)3)12-5-6-12/h8,10-13H,4-7,9,15H2,1-3H3. The van der Waals surface area contributed by atoms with Crippen LogP contribution in [0.2, 0.25) is 0 Å². The molecule has 0 aromatic carbocycles. The molecular weight excluding hydrogens is 224 g/mol. The Morgan fingerprint density at radius 2 is 2.22 bits per heavy atom. The first-order valence-electron chi connectivity index (χ1n) is 7.13. The van der Waals surface area contributed by atoms with Crippen LogP contribution >= 0.6 is 0 Å². The lowest BCUT2D eigenvalue weighted by molar-refractivity contribution is 0.163. The number of nitrogens with two attached hydrogens (primary N) is 1. The second-order valence-corrected chi connectivity index (χ2v) is 5.68. The van der Waals surface area contributed by atoms with Gasteiger partial charge in [-0.05, 0) is 25.7 Å². The molecule has 0 amide bonds. The molecule has 2 N–H and O–H groups in total. The van der Waals surface area contributed by atoms with Crippen molar-refractivity contribution in [3.8, 4) is 0 Å². The Hall–Kier alpha value is -0.870. The zero-order valence-electron chi connectivity index (χ0n) is 11.8. The number of imidazole rings is 1. The minimum Gasteiger partial charge on any atom is -0.333 e. The molecule has 0 radical (unpaired) electrons. The summed E-state index contributed by atoms with van der Waals surface area (Å²) < 4.78 is 2.22. The monoisotopic (exact) mass is 250 g/mol. The molecule has 0 aliphatic heterocycles. The van der Waals surface area contributed by atoms with Crippen molar-refractivity contribution in [2.24, 2.45) is 11.7 Å². The maximum absolute atomic E-state index is 6.05. The molecule has 1 fully saturated rings. The highest BCUT2D eigenvalue weighted by Gasteiger charge is 2.35. The fraction of sp³-hybridized carbons (Fsp3) is 0.786. The van der Waals surface area contributed by atoms with Gasteiger partial charge in [0.25, 0.3) is 0 Å². The highest BCUT2D eigenvalue weighted by atomic mass is 15.2. The molecule has 1 aliphatic rings. The fourth-order valence-electron chi connectivity index (χ4n) is 2.66. The lowest BCUT2D eigenvalue weighted by Gasteiger charge is -2.32. The van der Waals surface area contributed by atoms with E-state index in [1.54, 1.807) is 0 Å². The van der Waals surface area contributed by atoms with Gasteiger partial charge in [-0.25, -0.2) is 4.98 Å². The molecule has 1 unspecified atom stereocenters. The summed E-state index contributed by atoms with van der Waals surface area (Å²) in [7, 11) is 0. The normalized spacial score (nSPS) is 17.7. The highest BCUT2D eigenvalue weighted by molar-refractivity contribution is 5.08. The lowest BCUT2D eigenvalue weighted by Crippen LogP contribution is -2.39. The van der Waals surface area contributed by atoms with Crippen molar-refractivity contribution in [3.05, 3.63) is 18.2 Å². The number of rotatable bonds is 7. The number of aryl methyl sites for hydroxylation is 1. The number of aromatic nitrogens is 2. The van der Waals surface area contributed by atoms with Crippen molar-refractivity contribution in [2.75, 3.05) is 13.1 Å². The molecule has 1 aromatic rings. The Morgan fingerprint density at radius 3 is 2.72 bits per heavy atom. The van der Waals surface area contributed by atoms with Crippen LogP contribution in [0.25, 0.3) is 0 Å². The van der Waals surface area contributed by atoms with E-state index in [0.717, 1.165) is 19.1 Å². The predicted molar refractivity (Wildman–Crippen MR) is 74.3 cm³/mol. The minimum absolute atomic E-state index is 0.322. The molecule has 4 nitrogen and oxygen atoms in total. The Balaban J connectivity index is 2.19. The van der Waals surface area contributed by atoms with E-state index in [9.17, 15) is 0 Å². The first-order chi connectivity index (χ1) is 8.67. The van der Waals surface area contributed by atoms with Crippen molar-refractivity contribution >= 4 is 0 Å². The summed E-state index contributed by atoms with van der Waals surface area (Å²) in [6, 6.07) is 1.06. The van der Waals surface area contributed by atoms with Crippen LogP contribution in [-0.2, 0) is 6.54 Å². The molecule has 1 atom stereocenters. The SMILES string of the molecule is CCn1cncc1C(CN)N(CC(C)C)C1CC1. The Labute approximate surface area is 110 Å². The summed E-state index contributed by atoms with van der Waals surface area (Å²) >= 11 is 0. The molecular formula is C14H26N4. The Kier molecular flexibility index (Phi) is 4.40. The average molecular weight is 250 g/mol. The van der Waals surface area contributed by atoms with Crippen molar-refractivity contribution < 1.29 is 0 Å². The molecule has 1 aliphatic carbocycles. The molecule has 2 rings (SSSR count). The van der Waals surface area contributed by atoms with E-state index in [0.29, 0.717) is 18.5 Å². The van der Waals surface area contributed by atoms with Gasteiger partial charge in [-0.2, -0.15) is 0 Å². The number of hydrogen-bond acceptors (Lipinski definition) is 3. The van der Waals surface area contributed by atoms with Crippen LogP contribution in [0.5, 0.6) is 0 Å². The number of nitrogens with zero attached hydrogens (tertiary/aromatic N) is 3. The Morgan fingerprint density at radius 1 is 1.50 bits per heavy atom. The molecule has 1 aromatic heterocycles. The van der Waals surface area contributed by atoms with Crippen molar-refractivity contribution in [2.45, 2.75) is 52.2 Å². The first kappa shape index (κ1) is 13.6. The van der Waals surface area contributed by atoms with Crippen molar-refractivity contribution in [3.63, 3.8) is 0 Å². The van der Waals surface area contributed by atoms with Gasteiger partial charge in [0.2, 0.25) is 0 Å². The van der Waals surface area contributed by atoms with Crippen LogP contribution in [-0.4, -0.2) is 33.6 Å². The maximum Gasteiger partial charge on any atom is 0.0948 e. The van der Waals surface area contributed by atoms with Crippen molar-refractivity contribution in [1.82, 2.24) is 14.5 Å². The summed E-state index contributed by atoms with van der Waals surface area (Å²) in [6.45, 7) is 9.48. The maximum atomic E-state index is 6.05. The van der Waals surface area contributed by atoms with Gasteiger partial charge >= 0.3 is 0 Å². The predicted octanol–water partition coefficient (Wildman–Crippen LogP) is 2.02. The largest absolute Gasteiger partial charge is 0.333 e. The quantitative estimate of drug-likeness (QED) is 0.805. The van der Waals surface area contributed by atoms with Crippen molar-refractivity contribution in [1.29, 1.82) is 0 Å². The second-order valence-electron chi connectivity index (χ2n) is 5.68. The second kappa shape index (κ2) is 5.85. The summed E-state index contributed by atoms with van der Waals surface area (Å²) in [5.41, 5.74) is 7.32. The average Bonchev–Trinajstić information content (AvgIpc) is 3.08. The third kappa shape index (κ3) is 2.93. The smallest absolute Gasteiger partial charge is 0.0948 e. The zero-order chi connectivity index (χ0) is 13.1. The summed E-state index contributed by atoms with van der Waals surface area (Å²) in [6.07, 6.45) is 6.54. The van der Waals surface area contributed by atoms with Gasteiger partial charge in [-0.3, -0.25) is 4.90 Å². The summed E-state index contributed by atoms with van der Waals surface area (Å²) in [5.74, 6) is 0.678.